The van der Waals surface area contributed by atoms with Gasteiger partial charge in [0.2, 0.25) is 5.78 Å². The third-order valence-electron chi connectivity index (χ3n) is 1.70. The Balaban J connectivity index is 2.40. The lowest BCUT2D eigenvalue weighted by atomic mass is 10.2. The molecule has 15 heavy (non-hydrogen) atoms. The van der Waals surface area contributed by atoms with Crippen LogP contribution in [0.3, 0.4) is 0 Å². The number of hydrogen-bond acceptors (Lipinski definition) is 3. The summed E-state index contributed by atoms with van der Waals surface area (Å²) in [6, 6.07) is 4.85. The monoisotopic (exact) mass is 368 g/mol. The Hall–Kier alpha value is -0.100. The molecular weight excluding hydrogens is 367 g/mol. The molecule has 6 heteroatoms. The van der Waals surface area contributed by atoms with Crippen LogP contribution in [0.4, 0.5) is 0 Å². The lowest BCUT2D eigenvalue weighted by Gasteiger charge is -1.93. The maximum atomic E-state index is 11.9. The molecule has 0 bridgehead atoms. The van der Waals surface area contributed by atoms with E-state index in [0.717, 1.165) is 7.57 Å². The second kappa shape index (κ2) is 4.41. The SMILES string of the molecule is O=C(c1ccc(Cl)o1)c1cc(Br)sc1Br. The molecule has 0 fully saturated rings. The second-order valence-corrected chi connectivity index (χ2v) is 6.79. The van der Waals surface area contributed by atoms with Gasteiger partial charge in [0.1, 0.15) is 0 Å². The number of furan rings is 1. The Morgan fingerprint density at radius 3 is 2.60 bits per heavy atom. The molecule has 0 aliphatic carbocycles. The van der Waals surface area contributed by atoms with E-state index >= 15 is 0 Å². The molecule has 2 rings (SSSR count). The summed E-state index contributed by atoms with van der Waals surface area (Å²) in [6.07, 6.45) is 0. The van der Waals surface area contributed by atoms with Crippen molar-refractivity contribution in [2.45, 2.75) is 0 Å². The van der Waals surface area contributed by atoms with Crippen LogP contribution in [-0.4, -0.2) is 5.78 Å². The van der Waals surface area contributed by atoms with Crippen LogP contribution in [0.1, 0.15) is 16.1 Å². The molecule has 0 amide bonds. The van der Waals surface area contributed by atoms with Crippen LogP contribution in [-0.2, 0) is 0 Å². The molecular formula is C9H3Br2ClO2S. The average molecular weight is 370 g/mol. The van der Waals surface area contributed by atoms with E-state index in [1.165, 1.54) is 11.3 Å². The molecule has 0 unspecified atom stereocenters. The molecule has 0 saturated heterocycles. The van der Waals surface area contributed by atoms with E-state index in [4.69, 9.17) is 16.0 Å². The van der Waals surface area contributed by atoms with Gasteiger partial charge in [-0.2, -0.15) is 0 Å². The first-order valence-electron chi connectivity index (χ1n) is 3.83. The number of rotatable bonds is 2. The predicted molar refractivity (Wildman–Crippen MR) is 66.9 cm³/mol. The van der Waals surface area contributed by atoms with Gasteiger partial charge in [-0.1, -0.05) is 0 Å². The number of halogens is 3. The molecule has 2 nitrogen and oxygen atoms in total. The van der Waals surface area contributed by atoms with Gasteiger partial charge in [0.15, 0.2) is 11.0 Å². The lowest BCUT2D eigenvalue weighted by Crippen LogP contribution is -1.97. The zero-order valence-corrected chi connectivity index (χ0v) is 11.8. The van der Waals surface area contributed by atoms with Crippen LogP contribution in [0.25, 0.3) is 0 Å². The minimum absolute atomic E-state index is 0.185. The minimum atomic E-state index is -0.185. The Morgan fingerprint density at radius 1 is 1.40 bits per heavy atom. The van der Waals surface area contributed by atoms with Crippen molar-refractivity contribution in [1.29, 1.82) is 0 Å². The van der Waals surface area contributed by atoms with Crippen LogP contribution in [0, 0.1) is 0 Å². The molecule has 0 saturated carbocycles. The molecule has 0 aliphatic heterocycles. The van der Waals surface area contributed by atoms with Gasteiger partial charge in [-0.05, 0) is 61.7 Å². The zero-order chi connectivity index (χ0) is 11.0. The van der Waals surface area contributed by atoms with E-state index in [1.54, 1.807) is 18.2 Å². The standard InChI is InChI=1S/C9H3Br2ClO2S/c10-6-3-4(9(11)15-6)8(13)5-1-2-7(12)14-5/h1-3H. The maximum absolute atomic E-state index is 11.9. The molecule has 2 heterocycles. The van der Waals surface area contributed by atoms with Gasteiger partial charge < -0.3 is 4.42 Å². The normalized spacial score (nSPS) is 10.6. The molecule has 2 aromatic heterocycles. The Labute approximate surface area is 111 Å². The first-order valence-corrected chi connectivity index (χ1v) is 6.61. The summed E-state index contributed by atoms with van der Waals surface area (Å²) in [5.74, 6) is 0.0572. The molecule has 0 N–H and O–H groups in total. The second-order valence-electron chi connectivity index (χ2n) is 2.67. The summed E-state index contributed by atoms with van der Waals surface area (Å²) in [5, 5.41) is 0.212. The van der Waals surface area contributed by atoms with Crippen LogP contribution < -0.4 is 0 Å². The fraction of sp³-hybridized carbons (Fsp3) is 0. The van der Waals surface area contributed by atoms with Crippen LogP contribution in [0.15, 0.2) is 30.2 Å². The average Bonchev–Trinajstić information content (AvgIpc) is 2.71. The van der Waals surface area contributed by atoms with Crippen molar-refractivity contribution >= 4 is 60.6 Å². The molecule has 78 valence electrons. The first kappa shape index (κ1) is 11.4. The number of ketones is 1. The van der Waals surface area contributed by atoms with Crippen LogP contribution in [0.5, 0.6) is 0 Å². The van der Waals surface area contributed by atoms with Gasteiger partial charge in [-0.15, -0.1) is 11.3 Å². The Morgan fingerprint density at radius 2 is 2.13 bits per heavy atom. The number of hydrogen-bond donors (Lipinski definition) is 0. The third-order valence-corrected chi connectivity index (χ3v) is 4.24. The van der Waals surface area contributed by atoms with Crippen molar-refractivity contribution in [2.75, 3.05) is 0 Å². The summed E-state index contributed by atoms with van der Waals surface area (Å²) in [6.45, 7) is 0. The number of carbonyl (C=O) groups is 1. The van der Waals surface area contributed by atoms with Gasteiger partial charge in [0, 0.05) is 0 Å². The van der Waals surface area contributed by atoms with Gasteiger partial charge >= 0.3 is 0 Å². The summed E-state index contributed by atoms with van der Waals surface area (Å²) >= 11 is 13.7. The summed E-state index contributed by atoms with van der Waals surface area (Å²) in [5.41, 5.74) is 0.567. The van der Waals surface area contributed by atoms with Crippen molar-refractivity contribution in [1.82, 2.24) is 0 Å². The van der Waals surface area contributed by atoms with E-state index in [-0.39, 0.29) is 16.8 Å². The third kappa shape index (κ3) is 2.36. The Kier molecular flexibility index (Phi) is 3.35. The fourth-order valence-electron chi connectivity index (χ4n) is 1.06. The highest BCUT2D eigenvalue weighted by atomic mass is 79.9. The quantitative estimate of drug-likeness (QED) is 0.714. The zero-order valence-electron chi connectivity index (χ0n) is 7.09. The Bertz CT molecular complexity index is 518. The van der Waals surface area contributed by atoms with Crippen molar-refractivity contribution in [3.05, 3.63) is 42.3 Å². The van der Waals surface area contributed by atoms with Gasteiger partial charge in [-0.3, -0.25) is 4.79 Å². The van der Waals surface area contributed by atoms with Crippen LogP contribution >= 0.6 is 54.8 Å². The summed E-state index contributed by atoms with van der Waals surface area (Å²) < 4.78 is 6.70. The van der Waals surface area contributed by atoms with Crippen molar-refractivity contribution in [3.63, 3.8) is 0 Å². The van der Waals surface area contributed by atoms with Crippen molar-refractivity contribution in [3.8, 4) is 0 Å². The fourth-order valence-corrected chi connectivity index (χ4v) is 4.00. The number of thiophene rings is 1. The van der Waals surface area contributed by atoms with Gasteiger partial charge in [-0.25, -0.2) is 0 Å². The molecule has 2 aromatic rings. The molecule has 0 radical (unpaired) electrons. The molecule has 0 aliphatic rings. The number of carbonyl (C=O) groups excluding carboxylic acids is 1. The molecule has 0 atom stereocenters. The smallest absolute Gasteiger partial charge is 0.230 e. The minimum Gasteiger partial charge on any atom is -0.441 e. The van der Waals surface area contributed by atoms with E-state index in [0.29, 0.717) is 5.56 Å². The van der Waals surface area contributed by atoms with E-state index in [1.807, 2.05) is 0 Å². The summed E-state index contributed by atoms with van der Waals surface area (Å²) in [4.78, 5) is 11.9. The molecule has 0 spiro atoms. The van der Waals surface area contributed by atoms with Gasteiger partial charge in [0.05, 0.1) is 13.1 Å². The highest BCUT2D eigenvalue weighted by Crippen LogP contribution is 2.33. The van der Waals surface area contributed by atoms with Crippen molar-refractivity contribution in [2.24, 2.45) is 0 Å². The largest absolute Gasteiger partial charge is 0.441 e. The van der Waals surface area contributed by atoms with Crippen molar-refractivity contribution < 1.29 is 9.21 Å². The van der Waals surface area contributed by atoms with Crippen LogP contribution in [0.2, 0.25) is 5.22 Å². The van der Waals surface area contributed by atoms with Gasteiger partial charge in [0.25, 0.3) is 0 Å². The summed E-state index contributed by atoms with van der Waals surface area (Å²) in [7, 11) is 0. The highest BCUT2D eigenvalue weighted by Gasteiger charge is 2.18. The van der Waals surface area contributed by atoms with E-state index in [2.05, 4.69) is 31.9 Å². The highest BCUT2D eigenvalue weighted by molar-refractivity contribution is 9.12. The molecule has 0 aromatic carbocycles. The first-order chi connectivity index (χ1) is 7.08. The van der Waals surface area contributed by atoms with E-state index < -0.39 is 0 Å². The van der Waals surface area contributed by atoms with E-state index in [9.17, 15) is 4.79 Å². The lowest BCUT2D eigenvalue weighted by molar-refractivity contribution is 0.101. The predicted octanol–water partition coefficient (Wildman–Crippen LogP) is 4.75. The topological polar surface area (TPSA) is 30.2 Å². The maximum Gasteiger partial charge on any atom is 0.230 e.